The molecule has 0 bridgehead atoms. The lowest BCUT2D eigenvalue weighted by Crippen LogP contribution is -2.37. The number of hydrogen-bond acceptors (Lipinski definition) is 5. The molecule has 1 heterocycles. The maximum atomic E-state index is 12.5. The van der Waals surface area contributed by atoms with Crippen molar-refractivity contribution in [3.05, 3.63) is 64.7 Å². The number of carboxylic acids is 1. The number of hydrogen-bond donors (Lipinski definition) is 4. The van der Waals surface area contributed by atoms with Crippen LogP contribution in [0.1, 0.15) is 53.2 Å². The Balaban J connectivity index is 1.65. The summed E-state index contributed by atoms with van der Waals surface area (Å²) >= 11 is 0. The van der Waals surface area contributed by atoms with Crippen LogP contribution in [0, 0.1) is 0 Å². The normalized spacial score (nSPS) is 15.2. The number of carbonyl (C=O) groups excluding carboxylic acids is 1. The molecule has 8 nitrogen and oxygen atoms in total. The van der Waals surface area contributed by atoms with E-state index in [0.29, 0.717) is 12.1 Å². The Morgan fingerprint density at radius 3 is 2.39 bits per heavy atom. The number of aliphatic carboxylic acids is 1. The fraction of sp³-hybridized carbons (Fsp3) is 0.400. The molecule has 1 unspecified atom stereocenters. The highest BCUT2D eigenvalue weighted by Gasteiger charge is 2.16. The molecule has 0 aliphatic carbocycles. The fourth-order valence-electron chi connectivity index (χ4n) is 3.96. The minimum atomic E-state index is -1.06. The van der Waals surface area contributed by atoms with Crippen LogP contribution in [0.25, 0.3) is 0 Å². The van der Waals surface area contributed by atoms with E-state index in [-0.39, 0.29) is 18.3 Å². The Kier molecular flexibility index (Phi) is 8.43. The van der Waals surface area contributed by atoms with Crippen molar-refractivity contribution >= 4 is 23.5 Å². The highest BCUT2D eigenvalue weighted by atomic mass is 16.4. The molecule has 2 aromatic rings. The molecular weight excluding hydrogens is 418 g/mol. The molecule has 0 spiro atoms. The number of guanidine groups is 1. The van der Waals surface area contributed by atoms with Crippen LogP contribution < -0.4 is 21.7 Å². The summed E-state index contributed by atoms with van der Waals surface area (Å²) in [6, 6.07) is 12.1. The third-order valence-electron chi connectivity index (χ3n) is 5.90. The molecule has 1 saturated heterocycles. The van der Waals surface area contributed by atoms with Crippen molar-refractivity contribution < 1.29 is 14.7 Å². The Hall–Kier alpha value is -3.39. The predicted molar refractivity (Wildman–Crippen MR) is 130 cm³/mol. The molecule has 1 aliphatic heterocycles. The Labute approximate surface area is 194 Å². The Morgan fingerprint density at radius 2 is 1.76 bits per heavy atom. The first-order valence-corrected chi connectivity index (χ1v) is 11.4. The van der Waals surface area contributed by atoms with Crippen LogP contribution in [0.4, 0.5) is 5.69 Å². The van der Waals surface area contributed by atoms with E-state index in [1.54, 1.807) is 24.3 Å². The minimum Gasteiger partial charge on any atom is -0.480 e. The lowest BCUT2D eigenvalue weighted by atomic mass is 10.0. The van der Waals surface area contributed by atoms with Gasteiger partial charge >= 0.3 is 5.97 Å². The highest BCUT2D eigenvalue weighted by molar-refractivity contribution is 6.05. The Bertz CT molecular complexity index is 998. The molecule has 1 atom stereocenters. The number of carbonyl (C=O) groups is 2. The van der Waals surface area contributed by atoms with Gasteiger partial charge in [-0.15, -0.1) is 0 Å². The second-order valence-corrected chi connectivity index (χ2v) is 8.37. The van der Waals surface area contributed by atoms with Gasteiger partial charge in [0.05, 0.1) is 6.54 Å². The van der Waals surface area contributed by atoms with Crippen LogP contribution in [0.3, 0.4) is 0 Å². The van der Waals surface area contributed by atoms with E-state index in [2.05, 4.69) is 40.3 Å². The van der Waals surface area contributed by atoms with Gasteiger partial charge in [-0.1, -0.05) is 31.2 Å². The van der Waals surface area contributed by atoms with Crippen LogP contribution in [-0.4, -0.2) is 42.1 Å². The molecule has 6 N–H and O–H groups in total. The average Bonchev–Trinajstić information content (AvgIpc) is 2.83. The number of nitrogens with zero attached hydrogens (tertiary/aromatic N) is 2. The summed E-state index contributed by atoms with van der Waals surface area (Å²) in [5.74, 6) is -1.37. The first-order chi connectivity index (χ1) is 15.9. The smallest absolute Gasteiger partial charge is 0.320 e. The monoisotopic (exact) mass is 451 g/mol. The summed E-state index contributed by atoms with van der Waals surface area (Å²) in [5.41, 5.74) is 16.2. The summed E-state index contributed by atoms with van der Waals surface area (Å²) in [6.45, 7) is 4.60. The van der Waals surface area contributed by atoms with Gasteiger partial charge in [0.25, 0.3) is 5.91 Å². The van der Waals surface area contributed by atoms with Gasteiger partial charge in [-0.2, -0.15) is 0 Å². The van der Waals surface area contributed by atoms with Gasteiger partial charge in [0, 0.05) is 24.3 Å². The summed E-state index contributed by atoms with van der Waals surface area (Å²) in [4.78, 5) is 30.2. The van der Waals surface area contributed by atoms with Crippen molar-refractivity contribution in [2.45, 2.75) is 51.6 Å². The average molecular weight is 452 g/mol. The minimum absolute atomic E-state index is 0.0588. The number of nitrogens with one attached hydrogen (secondary N) is 1. The number of anilines is 1. The second kappa shape index (κ2) is 11.5. The van der Waals surface area contributed by atoms with Crippen LogP contribution in [0.15, 0.2) is 47.5 Å². The summed E-state index contributed by atoms with van der Waals surface area (Å²) in [7, 11) is 0. The van der Waals surface area contributed by atoms with Crippen molar-refractivity contribution in [2.75, 3.05) is 18.0 Å². The molecule has 0 saturated carbocycles. The van der Waals surface area contributed by atoms with Crippen LogP contribution in [-0.2, 0) is 24.2 Å². The zero-order valence-electron chi connectivity index (χ0n) is 19.1. The van der Waals surface area contributed by atoms with Crippen LogP contribution >= 0.6 is 0 Å². The maximum absolute atomic E-state index is 12.5. The van der Waals surface area contributed by atoms with Gasteiger partial charge < -0.3 is 21.5 Å². The van der Waals surface area contributed by atoms with Crippen molar-refractivity contribution in [3.8, 4) is 0 Å². The fourth-order valence-corrected chi connectivity index (χ4v) is 3.96. The molecular formula is C25H33N5O3. The molecule has 2 aromatic carbocycles. The van der Waals surface area contributed by atoms with Gasteiger partial charge in [0.2, 0.25) is 0 Å². The van der Waals surface area contributed by atoms with Gasteiger partial charge in [-0.3, -0.25) is 14.9 Å². The zero-order chi connectivity index (χ0) is 23.8. The number of rotatable bonds is 8. The lowest BCUT2D eigenvalue weighted by Gasteiger charge is -2.30. The molecule has 1 aliphatic rings. The molecule has 0 radical (unpaired) electrons. The van der Waals surface area contributed by atoms with E-state index in [9.17, 15) is 9.59 Å². The van der Waals surface area contributed by atoms with Gasteiger partial charge in [0.15, 0.2) is 5.96 Å². The van der Waals surface area contributed by atoms with E-state index in [1.807, 2.05) is 0 Å². The number of carboxylic acid groups (broad SMARTS) is 1. The van der Waals surface area contributed by atoms with E-state index >= 15 is 0 Å². The summed E-state index contributed by atoms with van der Waals surface area (Å²) in [5, 5.41) is 11.5. The molecule has 176 valence electrons. The summed E-state index contributed by atoms with van der Waals surface area (Å²) < 4.78 is 0. The molecule has 1 fully saturated rings. The van der Waals surface area contributed by atoms with Gasteiger partial charge in [-0.25, -0.2) is 4.99 Å². The molecule has 33 heavy (non-hydrogen) atoms. The molecule has 0 aromatic heterocycles. The second-order valence-electron chi connectivity index (χ2n) is 8.37. The molecule has 3 rings (SSSR count). The SMILES string of the molecule is CCc1ccc(N2CCCCC2)c(CN=C(N)NC(=O)c2ccc(CC(N)C(=O)O)cc2)c1. The van der Waals surface area contributed by atoms with Crippen LogP contribution in [0.5, 0.6) is 0 Å². The maximum Gasteiger partial charge on any atom is 0.320 e. The number of aliphatic imine (C=N–C) groups is 1. The standard InChI is InChI=1S/C25H33N5O3/c1-2-17-8-11-22(30-12-4-3-5-13-30)20(14-17)16-28-25(27)29-23(31)19-9-6-18(7-10-19)15-21(26)24(32)33/h6-11,14,21H,2-5,12-13,15-16,26H2,1H3,(H,32,33)(H3,27,28,29,31). The largest absolute Gasteiger partial charge is 0.480 e. The van der Waals surface area contributed by atoms with Gasteiger partial charge in [-0.05, 0) is 67.0 Å². The first-order valence-electron chi connectivity index (χ1n) is 11.4. The quantitative estimate of drug-likeness (QED) is 0.360. The predicted octanol–water partition coefficient (Wildman–Crippen LogP) is 2.44. The number of aryl methyl sites for hydroxylation is 1. The highest BCUT2D eigenvalue weighted by Crippen LogP contribution is 2.26. The number of piperidine rings is 1. The molecule has 1 amide bonds. The topological polar surface area (TPSA) is 134 Å². The molecule has 8 heteroatoms. The lowest BCUT2D eigenvalue weighted by molar-refractivity contribution is -0.138. The van der Waals surface area contributed by atoms with E-state index in [1.165, 1.54) is 30.5 Å². The number of nitrogens with two attached hydrogens (primary N) is 2. The van der Waals surface area contributed by atoms with Crippen LogP contribution in [0.2, 0.25) is 0 Å². The van der Waals surface area contributed by atoms with Crippen molar-refractivity contribution in [2.24, 2.45) is 16.5 Å². The van der Waals surface area contributed by atoms with Gasteiger partial charge in [0.1, 0.15) is 6.04 Å². The van der Waals surface area contributed by atoms with Crippen molar-refractivity contribution in [1.29, 1.82) is 0 Å². The van der Waals surface area contributed by atoms with Crippen molar-refractivity contribution in [1.82, 2.24) is 5.32 Å². The number of amides is 1. The van der Waals surface area contributed by atoms with E-state index in [0.717, 1.165) is 30.6 Å². The van der Waals surface area contributed by atoms with E-state index < -0.39 is 12.0 Å². The zero-order valence-corrected chi connectivity index (χ0v) is 19.1. The third-order valence-corrected chi connectivity index (χ3v) is 5.90. The third kappa shape index (κ3) is 6.79. The first kappa shape index (κ1) is 24.3. The summed E-state index contributed by atoms with van der Waals surface area (Å²) in [6.07, 6.45) is 4.78. The van der Waals surface area contributed by atoms with E-state index in [4.69, 9.17) is 16.6 Å². The van der Waals surface area contributed by atoms with Crippen molar-refractivity contribution in [3.63, 3.8) is 0 Å². The number of benzene rings is 2. The Morgan fingerprint density at radius 1 is 1.09 bits per heavy atom.